The van der Waals surface area contributed by atoms with Crippen molar-refractivity contribution in [3.8, 4) is 0 Å². The monoisotopic (exact) mass is 370 g/mol. The van der Waals surface area contributed by atoms with Crippen LogP contribution in [-0.4, -0.2) is 18.1 Å². The molecule has 0 amide bonds. The van der Waals surface area contributed by atoms with Gasteiger partial charge in [0.1, 0.15) is 4.99 Å². The molecule has 0 aliphatic heterocycles. The van der Waals surface area contributed by atoms with Crippen LogP contribution in [0.4, 0.5) is 0 Å². The van der Waals surface area contributed by atoms with Crippen LogP contribution in [0.1, 0.15) is 75.8 Å². The summed E-state index contributed by atoms with van der Waals surface area (Å²) in [7, 11) is 0. The van der Waals surface area contributed by atoms with Crippen molar-refractivity contribution in [3.05, 3.63) is 35.4 Å². The zero-order valence-corrected chi connectivity index (χ0v) is 16.8. The van der Waals surface area contributed by atoms with E-state index in [9.17, 15) is 0 Å². The maximum Gasteiger partial charge on any atom is 0.106 e. The minimum absolute atomic E-state index is 0. The molecule has 1 aromatic carbocycles. The van der Waals surface area contributed by atoms with Crippen molar-refractivity contribution in [1.29, 1.82) is 0 Å². The third-order valence-electron chi connectivity index (χ3n) is 4.20. The fourth-order valence-electron chi connectivity index (χ4n) is 2.69. The Morgan fingerprint density at radius 1 is 0.917 bits per heavy atom. The molecule has 0 heterocycles. The molecule has 0 radical (unpaired) electrons. The van der Waals surface area contributed by atoms with Crippen LogP contribution in [0.15, 0.2) is 24.3 Å². The second-order valence-electron chi connectivity index (χ2n) is 6.32. The van der Waals surface area contributed by atoms with Gasteiger partial charge >= 0.3 is 0 Å². The van der Waals surface area contributed by atoms with Crippen LogP contribution in [0.5, 0.6) is 0 Å². The Morgan fingerprint density at radius 3 is 2.08 bits per heavy atom. The molecule has 0 saturated heterocycles. The third-order valence-corrected chi connectivity index (χ3v) is 4.58. The van der Waals surface area contributed by atoms with E-state index in [1.807, 2.05) is 0 Å². The van der Waals surface area contributed by atoms with Crippen LogP contribution in [0.2, 0.25) is 0 Å². The van der Waals surface area contributed by atoms with E-state index >= 15 is 0 Å². The van der Waals surface area contributed by atoms with Gasteiger partial charge < -0.3 is 11.1 Å². The molecule has 0 fully saturated rings. The first kappa shape index (κ1) is 23.4. The topological polar surface area (TPSA) is 38.0 Å². The summed E-state index contributed by atoms with van der Waals surface area (Å²) in [5, 5.41) is 3.25. The first-order chi connectivity index (χ1) is 11.3. The van der Waals surface area contributed by atoms with Gasteiger partial charge in [0, 0.05) is 12.1 Å². The number of hydrogen-bond donors (Lipinski definition) is 2. The fraction of sp³-hybridized carbons (Fsp3) is 0.650. The number of aryl methyl sites for hydroxylation is 1. The predicted molar refractivity (Wildman–Crippen MR) is 113 cm³/mol. The average molecular weight is 371 g/mol. The van der Waals surface area contributed by atoms with Crippen molar-refractivity contribution in [2.75, 3.05) is 13.1 Å². The molecular formula is C20H35ClN2S. The highest BCUT2D eigenvalue weighted by Gasteiger charge is 2.01. The predicted octanol–water partition coefficient (Wildman–Crippen LogP) is 5.41. The van der Waals surface area contributed by atoms with Gasteiger partial charge in [-0.25, -0.2) is 0 Å². The fourth-order valence-corrected chi connectivity index (χ4v) is 2.93. The van der Waals surface area contributed by atoms with E-state index in [1.54, 1.807) is 0 Å². The first-order valence-corrected chi connectivity index (χ1v) is 9.76. The molecule has 0 saturated carbocycles. The second kappa shape index (κ2) is 15.9. The summed E-state index contributed by atoms with van der Waals surface area (Å²) >= 11 is 5.39. The maximum absolute atomic E-state index is 5.49. The normalized spacial score (nSPS) is 10.2. The standard InChI is InChI=1S/C20H34N2S.ClH/c1-2-3-4-5-6-7-8-9-11-18-12-14-19(15-13-18)20(23)22-17-10-16-21;/h12-15H,2-11,16-17,21H2,1H3,(H,22,23);1H. The number of thiocarbonyl (C=S) groups is 1. The lowest BCUT2D eigenvalue weighted by Crippen LogP contribution is -2.24. The molecule has 0 aliphatic rings. The molecular weight excluding hydrogens is 336 g/mol. The van der Waals surface area contributed by atoms with E-state index < -0.39 is 0 Å². The van der Waals surface area contributed by atoms with Crippen LogP contribution in [0.3, 0.4) is 0 Å². The van der Waals surface area contributed by atoms with Crippen LogP contribution >= 0.6 is 24.6 Å². The summed E-state index contributed by atoms with van der Waals surface area (Å²) in [6, 6.07) is 8.71. The van der Waals surface area contributed by atoms with E-state index in [0.717, 1.165) is 23.5 Å². The van der Waals surface area contributed by atoms with E-state index in [-0.39, 0.29) is 12.4 Å². The quantitative estimate of drug-likeness (QED) is 0.360. The van der Waals surface area contributed by atoms with Crippen molar-refractivity contribution in [2.24, 2.45) is 5.73 Å². The van der Waals surface area contributed by atoms with Crippen molar-refractivity contribution < 1.29 is 0 Å². The van der Waals surface area contributed by atoms with Gasteiger partial charge in [-0.1, -0.05) is 88.4 Å². The Morgan fingerprint density at radius 2 is 1.50 bits per heavy atom. The molecule has 3 N–H and O–H groups in total. The van der Waals surface area contributed by atoms with Gasteiger partial charge in [-0.05, 0) is 31.4 Å². The minimum Gasteiger partial charge on any atom is -0.376 e. The Kier molecular flexibility index (Phi) is 15.4. The Hall–Kier alpha value is -0.640. The van der Waals surface area contributed by atoms with Gasteiger partial charge in [0.2, 0.25) is 0 Å². The number of benzene rings is 1. The van der Waals surface area contributed by atoms with Gasteiger partial charge in [-0.3, -0.25) is 0 Å². The minimum atomic E-state index is 0. The highest BCUT2D eigenvalue weighted by Crippen LogP contribution is 2.12. The van der Waals surface area contributed by atoms with Crippen molar-refractivity contribution >= 4 is 29.6 Å². The molecule has 1 rings (SSSR count). The lowest BCUT2D eigenvalue weighted by molar-refractivity contribution is 0.575. The van der Waals surface area contributed by atoms with Crippen LogP contribution in [-0.2, 0) is 6.42 Å². The summed E-state index contributed by atoms with van der Waals surface area (Å²) in [5.41, 5.74) is 8.02. The Bertz CT molecular complexity index is 420. The molecule has 0 spiro atoms. The van der Waals surface area contributed by atoms with E-state index in [2.05, 4.69) is 36.5 Å². The average Bonchev–Trinajstić information content (AvgIpc) is 2.58. The molecule has 0 unspecified atom stereocenters. The molecule has 0 aliphatic carbocycles. The lowest BCUT2D eigenvalue weighted by atomic mass is 10.0. The van der Waals surface area contributed by atoms with Gasteiger partial charge in [0.15, 0.2) is 0 Å². The van der Waals surface area contributed by atoms with E-state index in [1.165, 1.54) is 63.4 Å². The second-order valence-corrected chi connectivity index (χ2v) is 6.73. The lowest BCUT2D eigenvalue weighted by Gasteiger charge is -2.08. The summed E-state index contributed by atoms with van der Waals surface area (Å²) in [6.45, 7) is 3.83. The summed E-state index contributed by atoms with van der Waals surface area (Å²) in [4.78, 5) is 0.831. The zero-order valence-electron chi connectivity index (χ0n) is 15.2. The molecule has 138 valence electrons. The molecule has 1 aromatic rings. The number of hydrogen-bond acceptors (Lipinski definition) is 2. The van der Waals surface area contributed by atoms with Crippen molar-refractivity contribution in [1.82, 2.24) is 5.32 Å². The molecule has 2 nitrogen and oxygen atoms in total. The molecule has 4 heteroatoms. The summed E-state index contributed by atoms with van der Waals surface area (Å²) in [5.74, 6) is 0. The zero-order chi connectivity index (χ0) is 16.8. The van der Waals surface area contributed by atoms with Gasteiger partial charge in [-0.2, -0.15) is 0 Å². The largest absolute Gasteiger partial charge is 0.376 e. The number of halogens is 1. The van der Waals surface area contributed by atoms with Crippen LogP contribution in [0.25, 0.3) is 0 Å². The molecule has 0 atom stereocenters. The van der Waals surface area contributed by atoms with Gasteiger partial charge in [0.25, 0.3) is 0 Å². The first-order valence-electron chi connectivity index (χ1n) is 9.35. The third kappa shape index (κ3) is 11.0. The van der Waals surface area contributed by atoms with Crippen LogP contribution in [0, 0.1) is 0 Å². The SMILES string of the molecule is CCCCCCCCCCc1ccc(C(=S)NCCCN)cc1.Cl. The van der Waals surface area contributed by atoms with E-state index in [4.69, 9.17) is 18.0 Å². The van der Waals surface area contributed by atoms with Gasteiger partial charge in [0.05, 0.1) is 0 Å². The number of rotatable bonds is 13. The highest BCUT2D eigenvalue weighted by atomic mass is 35.5. The molecule has 0 bridgehead atoms. The number of nitrogens with one attached hydrogen (secondary N) is 1. The highest BCUT2D eigenvalue weighted by molar-refractivity contribution is 7.80. The Balaban J connectivity index is 0.00000529. The summed E-state index contributed by atoms with van der Waals surface area (Å²) in [6.07, 6.45) is 13.1. The number of unbranched alkanes of at least 4 members (excludes halogenated alkanes) is 7. The van der Waals surface area contributed by atoms with Crippen LogP contribution < -0.4 is 11.1 Å². The molecule has 24 heavy (non-hydrogen) atoms. The maximum atomic E-state index is 5.49. The van der Waals surface area contributed by atoms with Crippen molar-refractivity contribution in [3.63, 3.8) is 0 Å². The molecule has 0 aromatic heterocycles. The Labute approximate surface area is 160 Å². The van der Waals surface area contributed by atoms with Gasteiger partial charge in [-0.15, -0.1) is 12.4 Å². The summed E-state index contributed by atoms with van der Waals surface area (Å²) < 4.78 is 0. The van der Waals surface area contributed by atoms with E-state index in [0.29, 0.717) is 6.54 Å². The number of nitrogens with two attached hydrogens (primary N) is 1. The van der Waals surface area contributed by atoms with Crippen molar-refractivity contribution in [2.45, 2.75) is 71.1 Å². The smallest absolute Gasteiger partial charge is 0.106 e.